The van der Waals surface area contributed by atoms with E-state index in [2.05, 4.69) is 35.6 Å². The zero-order chi connectivity index (χ0) is 19.1. The van der Waals surface area contributed by atoms with Crippen LogP contribution in [0.25, 0.3) is 11.1 Å². The summed E-state index contributed by atoms with van der Waals surface area (Å²) >= 11 is 0. The Balaban J connectivity index is 1.07. The molecule has 0 heterocycles. The first kappa shape index (κ1) is 15.7. The van der Waals surface area contributed by atoms with E-state index in [1.165, 1.54) is 35.1 Å². The summed E-state index contributed by atoms with van der Waals surface area (Å²) in [6, 6.07) is 14.6. The summed E-state index contributed by atoms with van der Waals surface area (Å²) in [6.45, 7) is 0.439. The van der Waals surface area contributed by atoms with Crippen LogP contribution in [0.1, 0.15) is 34.3 Å². The number of hydrogen-bond donors (Lipinski definition) is 2. The van der Waals surface area contributed by atoms with E-state index in [1.807, 2.05) is 12.1 Å². The van der Waals surface area contributed by atoms with Crippen LogP contribution in [0.4, 0.5) is 0 Å². The average Bonchev–Trinajstić information content (AvgIpc) is 3.37. The quantitative estimate of drug-likeness (QED) is 0.727. The van der Waals surface area contributed by atoms with Gasteiger partial charge in [0.25, 0.3) is 5.91 Å². The van der Waals surface area contributed by atoms with Gasteiger partial charge in [0.15, 0.2) is 0 Å². The molecule has 2 bridgehead atoms. The molecule has 6 aliphatic carbocycles. The Morgan fingerprint density at radius 1 is 0.931 bits per heavy atom. The van der Waals surface area contributed by atoms with Gasteiger partial charge >= 0.3 is 0 Å². The maximum absolute atomic E-state index is 13.0. The van der Waals surface area contributed by atoms with Crippen molar-refractivity contribution in [3.63, 3.8) is 0 Å². The minimum absolute atomic E-state index is 0.0380. The van der Waals surface area contributed by atoms with Crippen LogP contribution >= 0.6 is 0 Å². The van der Waals surface area contributed by atoms with Crippen molar-refractivity contribution in [3.8, 4) is 11.1 Å². The highest BCUT2D eigenvalue weighted by atomic mass is 16.3. The van der Waals surface area contributed by atoms with Crippen molar-refractivity contribution < 1.29 is 9.90 Å². The van der Waals surface area contributed by atoms with Gasteiger partial charge in [0.1, 0.15) is 0 Å². The lowest BCUT2D eigenvalue weighted by Gasteiger charge is -2.51. The maximum atomic E-state index is 13.0. The summed E-state index contributed by atoms with van der Waals surface area (Å²) in [5.74, 6) is 5.70. The summed E-state index contributed by atoms with van der Waals surface area (Å²) in [5, 5.41) is 14.9. The van der Waals surface area contributed by atoms with E-state index in [9.17, 15) is 9.90 Å². The van der Waals surface area contributed by atoms with E-state index < -0.39 is 5.60 Å². The van der Waals surface area contributed by atoms with Gasteiger partial charge < -0.3 is 10.4 Å². The summed E-state index contributed by atoms with van der Waals surface area (Å²) < 4.78 is 0. The van der Waals surface area contributed by atoms with Crippen LogP contribution < -0.4 is 5.32 Å². The third kappa shape index (κ3) is 1.60. The highest BCUT2D eigenvalue weighted by Gasteiger charge is 2.84. The van der Waals surface area contributed by atoms with Crippen LogP contribution in [0.15, 0.2) is 42.5 Å². The predicted molar refractivity (Wildman–Crippen MR) is 109 cm³/mol. The normalized spacial score (nSPS) is 45.4. The number of carbonyl (C=O) groups excluding carboxylic acids is 1. The van der Waals surface area contributed by atoms with Crippen LogP contribution in [0.2, 0.25) is 0 Å². The van der Waals surface area contributed by atoms with Crippen molar-refractivity contribution in [1.82, 2.24) is 5.32 Å². The molecule has 6 aliphatic rings. The lowest BCUT2D eigenvalue weighted by atomic mass is 9.56. The third-order valence-electron chi connectivity index (χ3n) is 10.1. The van der Waals surface area contributed by atoms with Crippen molar-refractivity contribution in [1.29, 1.82) is 0 Å². The molecular weight excluding hydrogens is 358 g/mol. The van der Waals surface area contributed by atoms with E-state index in [0.29, 0.717) is 23.9 Å². The Bertz CT molecular complexity index is 1100. The Labute approximate surface area is 170 Å². The molecule has 0 aliphatic heterocycles. The predicted octanol–water partition coefficient (Wildman–Crippen LogP) is 3.50. The maximum Gasteiger partial charge on any atom is 0.251 e. The summed E-state index contributed by atoms with van der Waals surface area (Å²) in [5.41, 5.74) is 5.14. The number of benzene rings is 2. The molecule has 146 valence electrons. The van der Waals surface area contributed by atoms with E-state index in [0.717, 1.165) is 41.9 Å². The van der Waals surface area contributed by atoms with Gasteiger partial charge in [0.2, 0.25) is 0 Å². The molecule has 5 saturated carbocycles. The van der Waals surface area contributed by atoms with Gasteiger partial charge in [-0.3, -0.25) is 4.79 Å². The highest BCUT2D eigenvalue weighted by molar-refractivity contribution is 5.96. The zero-order valence-corrected chi connectivity index (χ0v) is 16.3. The Morgan fingerprint density at radius 2 is 1.72 bits per heavy atom. The lowest BCUT2D eigenvalue weighted by Crippen LogP contribution is -2.59. The molecule has 9 atom stereocenters. The fourth-order valence-corrected chi connectivity index (χ4v) is 9.55. The van der Waals surface area contributed by atoms with Gasteiger partial charge in [-0.1, -0.05) is 30.3 Å². The first-order valence-corrected chi connectivity index (χ1v) is 11.4. The first-order chi connectivity index (χ1) is 14.1. The molecule has 8 rings (SSSR count). The molecule has 0 aromatic heterocycles. The molecule has 3 heteroatoms. The van der Waals surface area contributed by atoms with Gasteiger partial charge in [-0.05, 0) is 101 Å². The summed E-state index contributed by atoms with van der Waals surface area (Å²) in [7, 11) is 0. The average molecular weight is 383 g/mol. The number of hydrogen-bond acceptors (Lipinski definition) is 2. The second kappa shape index (κ2) is 4.78. The summed E-state index contributed by atoms with van der Waals surface area (Å²) in [6.07, 6.45) is 3.67. The molecule has 29 heavy (non-hydrogen) atoms. The van der Waals surface area contributed by atoms with Crippen molar-refractivity contribution in [2.24, 2.45) is 47.3 Å². The first-order valence-electron chi connectivity index (χ1n) is 11.4. The Hall–Kier alpha value is -2.13. The van der Waals surface area contributed by atoms with Crippen molar-refractivity contribution in [3.05, 3.63) is 59.2 Å². The SMILES string of the molecule is O=C(NCC1(O)C2C3CC4C5C3CC2C5C41)c1ccc2c(c1)-c1ccccc1C2. The van der Waals surface area contributed by atoms with Crippen LogP contribution in [0, 0.1) is 47.3 Å². The zero-order valence-electron chi connectivity index (χ0n) is 16.3. The van der Waals surface area contributed by atoms with Gasteiger partial charge in [-0.25, -0.2) is 0 Å². The lowest BCUT2D eigenvalue weighted by molar-refractivity contribution is -0.126. The fraction of sp³-hybridized carbons (Fsp3) is 0.500. The number of amides is 1. The van der Waals surface area contributed by atoms with E-state index in [4.69, 9.17) is 0 Å². The van der Waals surface area contributed by atoms with Crippen LogP contribution in [0.5, 0.6) is 0 Å². The minimum Gasteiger partial charge on any atom is -0.387 e. The monoisotopic (exact) mass is 383 g/mol. The van der Waals surface area contributed by atoms with Crippen LogP contribution in [-0.4, -0.2) is 23.2 Å². The van der Waals surface area contributed by atoms with E-state index >= 15 is 0 Å². The number of aliphatic hydroxyl groups is 1. The van der Waals surface area contributed by atoms with Crippen molar-refractivity contribution in [2.45, 2.75) is 24.9 Å². The smallest absolute Gasteiger partial charge is 0.251 e. The third-order valence-corrected chi connectivity index (χ3v) is 10.1. The molecule has 9 unspecified atom stereocenters. The number of fused-ring (bicyclic) bond motifs is 5. The molecule has 3 nitrogen and oxygen atoms in total. The largest absolute Gasteiger partial charge is 0.387 e. The standard InChI is InChI=1S/C26H25NO2/c28-25(14-6-5-13-7-12-3-1-2-4-15(12)16(13)8-14)27-11-26(29)23-18-10-19-21-17(18)9-20(23)22(21)24(19)26/h1-6,8,17-24,29H,7,9-11H2,(H,27,28). The highest BCUT2D eigenvalue weighted by Crippen LogP contribution is 2.85. The topological polar surface area (TPSA) is 49.3 Å². The summed E-state index contributed by atoms with van der Waals surface area (Å²) in [4.78, 5) is 13.0. The van der Waals surface area contributed by atoms with Crippen molar-refractivity contribution >= 4 is 5.91 Å². The van der Waals surface area contributed by atoms with Crippen LogP contribution in [-0.2, 0) is 6.42 Å². The molecule has 0 radical (unpaired) electrons. The Morgan fingerprint density at radius 3 is 2.66 bits per heavy atom. The molecule has 1 amide bonds. The minimum atomic E-state index is -0.649. The molecule has 0 spiro atoms. The van der Waals surface area contributed by atoms with Crippen LogP contribution in [0.3, 0.4) is 0 Å². The van der Waals surface area contributed by atoms with Crippen molar-refractivity contribution in [2.75, 3.05) is 6.54 Å². The number of carbonyl (C=O) groups is 1. The molecule has 2 aromatic rings. The van der Waals surface area contributed by atoms with E-state index in [-0.39, 0.29) is 5.91 Å². The van der Waals surface area contributed by atoms with E-state index in [1.54, 1.807) is 0 Å². The molecule has 0 saturated heterocycles. The van der Waals surface area contributed by atoms with Gasteiger partial charge in [-0.2, -0.15) is 0 Å². The second-order valence-electron chi connectivity index (χ2n) is 10.7. The molecule has 5 fully saturated rings. The van der Waals surface area contributed by atoms with Gasteiger partial charge in [0.05, 0.1) is 5.60 Å². The van der Waals surface area contributed by atoms with Gasteiger partial charge in [-0.15, -0.1) is 0 Å². The number of nitrogens with one attached hydrogen (secondary N) is 1. The number of rotatable bonds is 3. The second-order valence-corrected chi connectivity index (χ2v) is 10.7. The fourth-order valence-electron chi connectivity index (χ4n) is 9.55. The molecule has 2 aromatic carbocycles. The molecular formula is C26H25NO2. The van der Waals surface area contributed by atoms with Gasteiger partial charge in [0, 0.05) is 12.1 Å². The Kier molecular flexibility index (Phi) is 2.58. The molecule has 2 N–H and O–H groups in total.